The van der Waals surface area contributed by atoms with Gasteiger partial charge in [0.1, 0.15) is 34.8 Å². The number of carboxylic acids is 2. The van der Waals surface area contributed by atoms with Gasteiger partial charge in [0, 0.05) is 60.9 Å². The smallest absolute Gasteiger partial charge is 0.342 e. The maximum absolute atomic E-state index is 15.4. The predicted octanol–water partition coefficient (Wildman–Crippen LogP) is 13.2. The Morgan fingerprint density at radius 2 is 1.20 bits per heavy atom. The Morgan fingerprint density at radius 1 is 0.723 bits per heavy atom. The van der Waals surface area contributed by atoms with Crippen molar-refractivity contribution in [2.45, 2.75) is 212 Å². The van der Waals surface area contributed by atoms with Crippen LogP contribution < -0.4 is 15.6 Å². The summed E-state index contributed by atoms with van der Waals surface area (Å²) in [7, 11) is 0. The van der Waals surface area contributed by atoms with Gasteiger partial charge in [-0.15, -0.1) is 23.5 Å². The summed E-state index contributed by atoms with van der Waals surface area (Å²) in [6, 6.07) is 0. The van der Waals surface area contributed by atoms with Crippen molar-refractivity contribution >= 4 is 82.9 Å². The summed E-state index contributed by atoms with van der Waals surface area (Å²) in [5, 5.41) is 23.0. The van der Waals surface area contributed by atoms with E-state index < -0.39 is 76.7 Å². The topological polar surface area (TPSA) is 238 Å². The number of aromatic nitrogens is 1. The summed E-state index contributed by atoms with van der Waals surface area (Å²) in [6.07, 6.45) is 3.74. The maximum Gasteiger partial charge on any atom is 0.342 e. The number of esters is 3. The zero-order valence-electron chi connectivity index (χ0n) is 53.7. The van der Waals surface area contributed by atoms with E-state index in [4.69, 9.17) is 24.2 Å². The molecule has 3 aliphatic rings. The number of amides is 2. The summed E-state index contributed by atoms with van der Waals surface area (Å²) in [4.78, 5) is 105. The second-order valence-electron chi connectivity index (χ2n) is 28.4. The average molecular weight is 1250 g/mol. The first-order valence-corrected chi connectivity index (χ1v) is 31.5. The Bertz CT molecular complexity index is 2580. The van der Waals surface area contributed by atoms with Crippen LogP contribution in [0.4, 0.5) is 5.82 Å². The van der Waals surface area contributed by atoms with Crippen molar-refractivity contribution in [2.75, 3.05) is 23.4 Å². The molecule has 2 amide bonds. The van der Waals surface area contributed by atoms with E-state index in [-0.39, 0.29) is 118 Å². The number of rotatable bonds is 22. The van der Waals surface area contributed by atoms with Crippen LogP contribution in [0.25, 0.3) is 6.08 Å². The molecule has 16 nitrogen and oxygen atoms in total. The van der Waals surface area contributed by atoms with Crippen molar-refractivity contribution in [2.24, 2.45) is 68.1 Å². The van der Waals surface area contributed by atoms with E-state index in [1.165, 1.54) is 11.8 Å². The Hall–Kier alpha value is -4.22. The molecule has 1 aliphatic heterocycles. The van der Waals surface area contributed by atoms with E-state index in [0.29, 0.717) is 46.4 Å². The Kier molecular flexibility index (Phi) is 26.3. The number of carbonyl (C=O) groups excluding carboxylic acids is 5. The molecular formula is C64H99N4O12S2Zn-. The van der Waals surface area contributed by atoms with Crippen molar-refractivity contribution in [1.29, 1.82) is 0 Å². The van der Waals surface area contributed by atoms with Gasteiger partial charge in [-0.2, -0.15) is 0 Å². The van der Waals surface area contributed by atoms with Gasteiger partial charge < -0.3 is 40.0 Å². The van der Waals surface area contributed by atoms with Crippen LogP contribution in [0, 0.1) is 63.1 Å². The molecule has 2 aliphatic carbocycles. The number of thioether (sulfide) groups is 2. The molecule has 4 rings (SSSR count). The molecule has 6 unspecified atom stereocenters. The second-order valence-corrected chi connectivity index (χ2v) is 31.1. The van der Waals surface area contributed by atoms with Crippen molar-refractivity contribution in [3.63, 3.8) is 0 Å². The summed E-state index contributed by atoms with van der Waals surface area (Å²) < 4.78 is 19.0. The van der Waals surface area contributed by atoms with E-state index >= 15 is 9.59 Å². The minimum Gasteiger partial charge on any atom is -0.481 e. The third-order valence-electron chi connectivity index (χ3n) is 16.4. The van der Waals surface area contributed by atoms with Crippen molar-refractivity contribution < 1.29 is 77.5 Å². The van der Waals surface area contributed by atoms with Gasteiger partial charge in [0.2, 0.25) is 5.91 Å². The summed E-state index contributed by atoms with van der Waals surface area (Å²) in [6.45, 7) is 45.3. The number of nitrogens with zero attached hydrogens (tertiary/aromatic N) is 2. The molecule has 0 saturated heterocycles. The fraction of sp³-hybridized carbons (Fsp3) is 0.719. The fourth-order valence-electron chi connectivity index (χ4n) is 12.0. The Labute approximate surface area is 517 Å². The molecule has 462 valence electrons. The Balaban J connectivity index is 0.0000181. The number of carbonyl (C=O) groups is 7. The van der Waals surface area contributed by atoms with E-state index in [0.717, 1.165) is 37.4 Å². The van der Waals surface area contributed by atoms with Crippen molar-refractivity contribution in [3.8, 4) is 0 Å². The molecule has 2 heterocycles. The number of anilines is 1. The van der Waals surface area contributed by atoms with Crippen molar-refractivity contribution in [3.05, 3.63) is 45.8 Å². The van der Waals surface area contributed by atoms with Crippen LogP contribution in [0.3, 0.4) is 0 Å². The van der Waals surface area contributed by atoms with Crippen LogP contribution in [0.1, 0.15) is 211 Å². The molecule has 0 bridgehead atoms. The van der Waals surface area contributed by atoms with Gasteiger partial charge in [0.15, 0.2) is 0 Å². The van der Waals surface area contributed by atoms with Gasteiger partial charge in [-0.25, -0.2) is 19.4 Å². The van der Waals surface area contributed by atoms with Gasteiger partial charge in [-0.3, -0.25) is 19.2 Å². The number of ether oxygens (including phenoxy) is 3. The molecule has 0 spiro atoms. The Morgan fingerprint density at radius 3 is 1.63 bits per heavy atom. The monoisotopic (exact) mass is 1240 g/mol. The molecule has 4 N–H and O–H groups in total. The first-order chi connectivity index (χ1) is 37.6. The van der Waals surface area contributed by atoms with Crippen LogP contribution in [-0.4, -0.2) is 98.5 Å². The molecule has 19 heteroatoms. The number of hydrogen-bond acceptors (Lipinski definition) is 13. The number of carboxylic acid groups (broad SMARTS) is 2. The van der Waals surface area contributed by atoms with Crippen LogP contribution in [0.2, 0.25) is 0 Å². The van der Waals surface area contributed by atoms with Crippen molar-refractivity contribution in [1.82, 2.24) is 10.3 Å². The standard InChI is InChI=1S/C64H100N4O12S2.Zn/c1-33(2)48-43(65-54(67-46(69)23-26-82-45(57(73)74)32-47(70)71)50(48)59(76)79-52-39(61(10,11)12)27-36(7)28-40(52)62(13,14)15)31-44-49(34(3)4)51(55(66-44)68-56(72)38(9)81-25-22-24-78-58(75)35(5)6)60(77)80-53-41(63(16,17)18)29-37(8)30-42(53)64(19,20)21;/h31,33-34,36-42,45,52-53H,5,22-30,32H2,1-4,6-21H3,(H5,65,66,67,68,69,70,71,72,73,74,76,77);/p-1. The van der Waals surface area contributed by atoms with Crippen LogP contribution in [-0.2, 0) is 62.5 Å². The number of aliphatic imine (C=N–C) groups is 1. The molecule has 6 atom stereocenters. The van der Waals surface area contributed by atoms with Gasteiger partial charge in [-0.1, -0.05) is 131 Å². The van der Waals surface area contributed by atoms with E-state index in [1.807, 2.05) is 27.7 Å². The van der Waals surface area contributed by atoms with Gasteiger partial charge in [0.25, 0.3) is 0 Å². The molecule has 83 heavy (non-hydrogen) atoms. The minimum absolute atomic E-state index is 0. The molecule has 0 aromatic carbocycles. The van der Waals surface area contributed by atoms with Crippen LogP contribution in [0.15, 0.2) is 34.0 Å². The SMILES string of the molecule is C=C(C)C(=O)OCCCSC(C)C(=O)NC1=NC(=Cc2[n-]c(NC(=O)CCSC(CC(=O)O)C(=O)O)c(C(=O)OC3C(C(C)(C)C)CC(C)CC3C(C)(C)C)c2C(C)C)C(C(C)C)=C1C(=O)OC1C(C(C)(C)C)CC(C)CC1C(C)(C)C.[Zn]. The molecule has 0 radical (unpaired) electrons. The predicted molar refractivity (Wildman–Crippen MR) is 329 cm³/mol. The number of nitrogens with one attached hydrogen (secondary N) is 2. The third kappa shape index (κ3) is 19.9. The average Bonchev–Trinajstić information content (AvgIpc) is 4.14. The normalized spacial score (nSPS) is 23.7. The third-order valence-corrected chi connectivity index (χ3v) is 18.9. The minimum atomic E-state index is -1.31. The molecule has 2 fully saturated rings. The molecular weight excluding hydrogens is 1150 g/mol. The first kappa shape index (κ1) is 73.0. The zero-order valence-corrected chi connectivity index (χ0v) is 58.3. The number of aliphatic carboxylic acids is 2. The molecule has 1 aromatic heterocycles. The van der Waals surface area contributed by atoms with Gasteiger partial charge in [-0.05, 0) is 126 Å². The fourth-order valence-corrected chi connectivity index (χ4v) is 13.8. The number of allylic oxidation sites excluding steroid dienone is 1. The quantitative estimate of drug-likeness (QED) is 0.0278. The van der Waals surface area contributed by atoms with E-state index in [9.17, 15) is 34.2 Å². The summed E-state index contributed by atoms with van der Waals surface area (Å²) in [5.41, 5.74) is 1.03. The number of hydrogen-bond donors (Lipinski definition) is 4. The van der Waals surface area contributed by atoms with Gasteiger partial charge >= 0.3 is 29.8 Å². The van der Waals surface area contributed by atoms with E-state index in [2.05, 4.69) is 114 Å². The van der Waals surface area contributed by atoms with Crippen LogP contribution >= 0.6 is 23.5 Å². The molecule has 1 aromatic rings. The van der Waals surface area contributed by atoms with E-state index in [1.54, 1.807) is 19.9 Å². The first-order valence-electron chi connectivity index (χ1n) is 29.4. The van der Waals surface area contributed by atoms with Gasteiger partial charge in [0.05, 0.1) is 29.5 Å². The number of amidine groups is 1. The zero-order chi connectivity index (χ0) is 62.3. The largest absolute Gasteiger partial charge is 0.481 e. The maximum atomic E-state index is 15.4. The summed E-state index contributed by atoms with van der Waals surface area (Å²) >= 11 is 2.19. The van der Waals surface area contributed by atoms with Crippen LogP contribution in [0.5, 0.6) is 0 Å². The second kappa shape index (κ2) is 29.9. The molecule has 2 saturated carbocycles. The summed E-state index contributed by atoms with van der Waals surface area (Å²) in [5.74, 6) is -5.00.